The van der Waals surface area contributed by atoms with Gasteiger partial charge in [-0.3, -0.25) is 0 Å². The van der Waals surface area contributed by atoms with Crippen molar-refractivity contribution in [3.05, 3.63) is 29.1 Å². The zero-order valence-electron chi connectivity index (χ0n) is 12.0. The maximum atomic E-state index is 14.7. The predicted molar refractivity (Wildman–Crippen MR) is 69.1 cm³/mol. The van der Waals surface area contributed by atoms with Crippen molar-refractivity contribution in [1.29, 1.82) is 0 Å². The number of hydrogen-bond donors (Lipinski definition) is 0. The Labute approximate surface area is 115 Å². The average molecular weight is 282 g/mol. The van der Waals surface area contributed by atoms with Crippen molar-refractivity contribution in [2.24, 2.45) is 0 Å². The van der Waals surface area contributed by atoms with Crippen LogP contribution in [0.5, 0.6) is 5.75 Å². The molecule has 0 N–H and O–H groups in total. The Hall–Kier alpha value is -2.05. The predicted octanol–water partition coefficient (Wildman–Crippen LogP) is 2.56. The number of hydrogen-bond acceptors (Lipinski definition) is 4. The lowest BCUT2D eigenvalue weighted by molar-refractivity contribution is 0.370. The van der Waals surface area contributed by atoms with Crippen LogP contribution in [0, 0.1) is 18.6 Å². The molecule has 1 aromatic heterocycles. The average Bonchev–Trinajstić information content (AvgIpc) is 2.74. The van der Waals surface area contributed by atoms with E-state index in [0.29, 0.717) is 5.82 Å². The summed E-state index contributed by atoms with van der Waals surface area (Å²) >= 11 is 0. The quantitative estimate of drug-likeness (QED) is 0.849. The molecule has 0 amide bonds. The van der Waals surface area contributed by atoms with Crippen LogP contribution in [0.2, 0.25) is 0 Å². The zero-order chi connectivity index (χ0) is 15.1. The highest BCUT2D eigenvalue weighted by atomic mass is 19.1. The molecule has 0 saturated carbocycles. The topological polar surface area (TPSA) is 52.8 Å². The van der Waals surface area contributed by atoms with Gasteiger partial charge in [0.25, 0.3) is 0 Å². The first-order valence-corrected chi connectivity index (χ1v) is 6.09. The molecule has 0 unspecified atom stereocenters. The van der Waals surface area contributed by atoms with Crippen molar-refractivity contribution < 1.29 is 13.5 Å². The molecule has 0 spiro atoms. The van der Waals surface area contributed by atoms with Crippen LogP contribution in [0.3, 0.4) is 0 Å². The third kappa shape index (κ3) is 2.23. The van der Waals surface area contributed by atoms with Crippen molar-refractivity contribution >= 4 is 0 Å². The molecule has 1 heterocycles. The number of aryl methyl sites for hydroxylation is 1. The third-order valence-electron chi connectivity index (χ3n) is 2.97. The zero-order valence-corrected chi connectivity index (χ0v) is 12.0. The maximum absolute atomic E-state index is 14.7. The third-order valence-corrected chi connectivity index (χ3v) is 2.97. The molecule has 2 aromatic rings. The molecule has 7 heteroatoms. The highest BCUT2D eigenvalue weighted by Crippen LogP contribution is 2.36. The van der Waals surface area contributed by atoms with Crippen molar-refractivity contribution in [2.75, 3.05) is 7.11 Å². The van der Waals surface area contributed by atoms with Gasteiger partial charge in [0.1, 0.15) is 5.69 Å². The lowest BCUT2D eigenvalue weighted by atomic mass is 9.85. The molecule has 2 rings (SSSR count). The van der Waals surface area contributed by atoms with E-state index in [1.165, 1.54) is 17.9 Å². The maximum Gasteiger partial charge on any atom is 0.171 e. The number of benzene rings is 1. The monoisotopic (exact) mass is 282 g/mol. The van der Waals surface area contributed by atoms with E-state index in [-0.39, 0.29) is 17.0 Å². The second-order valence-corrected chi connectivity index (χ2v) is 5.49. The van der Waals surface area contributed by atoms with Crippen molar-refractivity contribution in [1.82, 2.24) is 20.2 Å². The second kappa shape index (κ2) is 4.81. The highest BCUT2D eigenvalue weighted by molar-refractivity contribution is 5.48. The Balaban J connectivity index is 2.81. The van der Waals surface area contributed by atoms with Gasteiger partial charge in [-0.1, -0.05) is 20.8 Å². The van der Waals surface area contributed by atoms with Crippen LogP contribution < -0.4 is 4.74 Å². The summed E-state index contributed by atoms with van der Waals surface area (Å²) in [5.74, 6) is -1.03. The first kappa shape index (κ1) is 14.4. The molecular weight excluding hydrogens is 266 g/mol. The second-order valence-electron chi connectivity index (χ2n) is 5.49. The lowest BCUT2D eigenvalue weighted by Gasteiger charge is -2.23. The van der Waals surface area contributed by atoms with E-state index < -0.39 is 17.0 Å². The minimum absolute atomic E-state index is 0.0405. The van der Waals surface area contributed by atoms with Gasteiger partial charge in [0.05, 0.1) is 7.11 Å². The number of ether oxygens (including phenoxy) is 1. The summed E-state index contributed by atoms with van der Waals surface area (Å²) in [6.45, 7) is 6.81. The number of nitrogens with zero attached hydrogens (tertiary/aromatic N) is 4. The van der Waals surface area contributed by atoms with E-state index in [4.69, 9.17) is 4.74 Å². The van der Waals surface area contributed by atoms with Gasteiger partial charge in [-0.05, 0) is 22.8 Å². The van der Waals surface area contributed by atoms with Crippen LogP contribution in [-0.2, 0) is 5.41 Å². The fourth-order valence-corrected chi connectivity index (χ4v) is 2.01. The summed E-state index contributed by atoms with van der Waals surface area (Å²) in [7, 11) is 1.33. The molecule has 0 fully saturated rings. The minimum Gasteiger partial charge on any atom is -0.494 e. The smallest absolute Gasteiger partial charge is 0.171 e. The molecule has 1 aromatic carbocycles. The Kier molecular flexibility index (Phi) is 3.45. The molecule has 0 bridgehead atoms. The molecule has 0 aliphatic rings. The largest absolute Gasteiger partial charge is 0.494 e. The number of methoxy groups -OCH3 is 1. The molecule has 0 atom stereocenters. The van der Waals surface area contributed by atoms with Gasteiger partial charge in [-0.25, -0.2) is 8.78 Å². The van der Waals surface area contributed by atoms with Gasteiger partial charge in [-0.2, -0.15) is 4.68 Å². The summed E-state index contributed by atoms with van der Waals surface area (Å²) in [5, 5.41) is 10.9. The first-order chi connectivity index (χ1) is 9.27. The Morgan fingerprint density at radius 3 is 2.30 bits per heavy atom. The van der Waals surface area contributed by atoms with Crippen LogP contribution in [0.25, 0.3) is 5.69 Å². The normalized spacial score (nSPS) is 11.8. The lowest BCUT2D eigenvalue weighted by Crippen LogP contribution is -2.19. The van der Waals surface area contributed by atoms with Crippen molar-refractivity contribution in [3.8, 4) is 11.4 Å². The molecule has 108 valence electrons. The summed E-state index contributed by atoms with van der Waals surface area (Å²) in [5.41, 5.74) is -0.711. The van der Waals surface area contributed by atoms with E-state index in [2.05, 4.69) is 15.5 Å². The Bertz CT molecular complexity index is 647. The van der Waals surface area contributed by atoms with Crippen molar-refractivity contribution in [2.45, 2.75) is 33.1 Å². The van der Waals surface area contributed by atoms with E-state index in [9.17, 15) is 8.78 Å². The van der Waals surface area contributed by atoms with Gasteiger partial charge < -0.3 is 4.74 Å². The molecule has 0 aliphatic carbocycles. The Morgan fingerprint density at radius 1 is 1.20 bits per heavy atom. The number of aromatic nitrogens is 4. The molecule has 20 heavy (non-hydrogen) atoms. The van der Waals surface area contributed by atoms with Gasteiger partial charge in [0.2, 0.25) is 0 Å². The molecular formula is C13H16F2N4O. The first-order valence-electron chi connectivity index (χ1n) is 6.09. The van der Waals surface area contributed by atoms with Crippen LogP contribution in [0.4, 0.5) is 8.78 Å². The summed E-state index contributed by atoms with van der Waals surface area (Å²) in [6, 6.07) is 1.25. The SMILES string of the molecule is COc1cc(-n2nnnc2C)c(F)c(C(C)(C)C)c1F. The summed E-state index contributed by atoms with van der Waals surface area (Å²) in [4.78, 5) is 0. The fraction of sp³-hybridized carbons (Fsp3) is 0.462. The van der Waals surface area contributed by atoms with Crippen LogP contribution in [0.15, 0.2) is 6.07 Å². The van der Waals surface area contributed by atoms with E-state index in [0.717, 1.165) is 0 Å². The van der Waals surface area contributed by atoms with Gasteiger partial charge in [-0.15, -0.1) is 5.10 Å². The van der Waals surface area contributed by atoms with E-state index in [1.807, 2.05) is 0 Å². The van der Waals surface area contributed by atoms with Crippen molar-refractivity contribution in [3.63, 3.8) is 0 Å². The number of halogens is 2. The van der Waals surface area contributed by atoms with Crippen LogP contribution >= 0.6 is 0 Å². The van der Waals surface area contributed by atoms with Crippen LogP contribution in [0.1, 0.15) is 32.2 Å². The van der Waals surface area contributed by atoms with Gasteiger partial charge in [0, 0.05) is 11.6 Å². The van der Waals surface area contributed by atoms with Crippen LogP contribution in [-0.4, -0.2) is 27.3 Å². The van der Waals surface area contributed by atoms with Gasteiger partial charge in [0.15, 0.2) is 23.2 Å². The Morgan fingerprint density at radius 2 is 1.85 bits per heavy atom. The summed E-state index contributed by atoms with van der Waals surface area (Å²) < 4.78 is 35.2. The summed E-state index contributed by atoms with van der Waals surface area (Å²) in [6.07, 6.45) is 0. The molecule has 0 aliphatic heterocycles. The highest BCUT2D eigenvalue weighted by Gasteiger charge is 2.29. The molecule has 0 radical (unpaired) electrons. The van der Waals surface area contributed by atoms with Gasteiger partial charge >= 0.3 is 0 Å². The standard InChI is InChI=1S/C13H16F2N4O/c1-7-16-17-18-19(7)8-6-9(20-5)12(15)10(11(8)14)13(2,3)4/h6H,1-5H3. The number of tetrazole rings is 1. The van der Waals surface area contributed by atoms with E-state index >= 15 is 0 Å². The fourth-order valence-electron chi connectivity index (χ4n) is 2.01. The van der Waals surface area contributed by atoms with E-state index in [1.54, 1.807) is 27.7 Å². The molecule has 0 saturated heterocycles. The molecule has 5 nitrogen and oxygen atoms in total. The minimum atomic E-state index is -0.723. The number of rotatable bonds is 2.